The van der Waals surface area contributed by atoms with E-state index < -0.39 is 112 Å². The average Bonchev–Trinajstić information content (AvgIpc) is 1.60. The second-order valence-corrected chi connectivity index (χ2v) is 45.4. The van der Waals surface area contributed by atoms with Gasteiger partial charge in [0.2, 0.25) is 35.3 Å². The molecule has 6 saturated heterocycles. The minimum Gasteiger partial charge on any atom is -0.480 e. The van der Waals surface area contributed by atoms with Gasteiger partial charge in [-0.05, 0) is 210 Å². The van der Waals surface area contributed by atoms with Gasteiger partial charge in [0.05, 0.1) is 83.5 Å². The van der Waals surface area contributed by atoms with E-state index in [9.17, 15) is 76.4 Å². The van der Waals surface area contributed by atoms with Gasteiger partial charge in [-0.15, -0.1) is 34.0 Å². The summed E-state index contributed by atoms with van der Waals surface area (Å²) in [6.07, 6.45) is 2.26. The molecule has 0 spiro atoms. The molecular formula is C104H119B3F3N19O15S3. The number of ketones is 1. The number of hydrogen-bond donors (Lipinski definition) is 13. The van der Waals surface area contributed by atoms with Crippen LogP contribution in [-0.2, 0) is 101 Å². The monoisotopic (exact) mass is 2060 g/mol. The minimum absolute atomic E-state index is 0.0300. The Labute approximate surface area is 859 Å². The molecule has 12 heterocycles. The number of aryl methyl sites for hydroxylation is 2. The van der Waals surface area contributed by atoms with Crippen LogP contribution in [0.5, 0.6) is 0 Å². The molecule has 3 aliphatic carbocycles. The summed E-state index contributed by atoms with van der Waals surface area (Å²) >= 11 is 3.94. The van der Waals surface area contributed by atoms with E-state index in [1.807, 2.05) is 164 Å². The number of carboxylic acid groups (broad SMARTS) is 1. The summed E-state index contributed by atoms with van der Waals surface area (Å²) in [7, 11) is 0. The van der Waals surface area contributed by atoms with E-state index in [0.717, 1.165) is 100 Å². The highest BCUT2D eigenvalue weighted by atomic mass is 32.1. The van der Waals surface area contributed by atoms with Crippen molar-refractivity contribution in [3.63, 3.8) is 0 Å². The molecule has 6 unspecified atom stereocenters. The largest absolute Gasteiger partial charge is 0.480 e. The second kappa shape index (κ2) is 42.2. The van der Waals surface area contributed by atoms with E-state index in [0.29, 0.717) is 137 Å². The van der Waals surface area contributed by atoms with E-state index in [-0.39, 0.29) is 79.1 Å². The van der Waals surface area contributed by atoms with Gasteiger partial charge in [0.25, 0.3) is 20.5 Å². The molecule has 12 aromatic rings. The number of halogens is 3. The number of aliphatic hydroxyl groups is 2. The number of aliphatic hydroxyl groups excluding tert-OH is 2. The number of aromatic nitrogens is 9. The van der Waals surface area contributed by atoms with Crippen LogP contribution in [0.4, 0.5) is 28.7 Å². The SMILES string of the molecule is CC(C)(C)OC(=O)N[C@@]1(Cc2ccccc2)CCB2CC[C@@H](C(=O)O)N2C1=O.Cc1nc2c([nH]1)CC(C(NC(=O)C(F)(F)F)C(O)c1nc3ccccc3s1)C2.Cc1nc2c([nH]1)CC([C@H](NC(=O)[C@@H]1CCB3CC[C@](Cc4ccccc4)(NC(=O)OC(C)(C)C)C(=O)N31)C(O)c1nc3ccccc3s1)C2.Nc1nc2c([nH]1)CC([C@H](NC(=O)[C@@H]1CCB3CC[C@@](N)(Cc4ccccc4)C(=O)N31)C(=O)c1nc3ccccc3s1)C2. The molecule has 0 saturated carbocycles. The van der Waals surface area contributed by atoms with Gasteiger partial charge >= 0.3 is 30.2 Å². The van der Waals surface area contributed by atoms with Crippen LogP contribution in [0.15, 0.2) is 164 Å². The van der Waals surface area contributed by atoms with E-state index >= 15 is 0 Å². The molecule has 147 heavy (non-hydrogen) atoms. The first-order valence-corrected chi connectivity index (χ1v) is 52.5. The highest BCUT2D eigenvalue weighted by Gasteiger charge is 2.60. The fraction of sp³-hybridized carbons (Fsp3) is 0.442. The van der Waals surface area contributed by atoms with Crippen molar-refractivity contribution in [2.75, 3.05) is 5.73 Å². The number of nitrogens with zero attached hydrogens (tertiary/aromatic N) is 9. The van der Waals surface area contributed by atoms with Crippen LogP contribution in [0.1, 0.15) is 175 Å². The Morgan fingerprint density at radius 1 is 0.469 bits per heavy atom. The number of carboxylic acids is 1. The number of fused-ring (bicyclic) bond motifs is 9. The number of thiazole rings is 3. The van der Waals surface area contributed by atoms with Crippen LogP contribution in [-0.4, -0.2) is 225 Å². The number of ether oxygens (including phenoxy) is 2. The number of carbonyl (C=O) groups is 10. The van der Waals surface area contributed by atoms with E-state index in [2.05, 4.69) is 61.1 Å². The number of imidazole rings is 3. The number of rotatable bonds is 23. The van der Waals surface area contributed by atoms with Gasteiger partial charge in [-0.1, -0.05) is 165 Å². The Hall–Kier alpha value is -13.2. The predicted octanol–water partition coefficient (Wildman–Crippen LogP) is 12.8. The molecule has 6 aromatic carbocycles. The van der Waals surface area contributed by atoms with Gasteiger partial charge in [0.15, 0.2) is 11.0 Å². The lowest BCUT2D eigenvalue weighted by Gasteiger charge is -2.45. The molecule has 768 valence electrons. The van der Waals surface area contributed by atoms with E-state index in [1.165, 1.54) is 38.8 Å². The third kappa shape index (κ3) is 22.8. The highest BCUT2D eigenvalue weighted by molar-refractivity contribution is 7.20. The first kappa shape index (κ1) is 104. The quantitative estimate of drug-likeness (QED) is 0.0209. The van der Waals surface area contributed by atoms with Crippen LogP contribution in [0, 0.1) is 31.6 Å². The maximum Gasteiger partial charge on any atom is 0.471 e. The third-order valence-corrected chi connectivity index (χ3v) is 32.7. The van der Waals surface area contributed by atoms with Gasteiger partial charge in [-0.3, -0.25) is 38.4 Å². The number of hydrogen-bond acceptors (Lipinski definition) is 25. The fourth-order valence-electron chi connectivity index (χ4n) is 22.8. The van der Waals surface area contributed by atoms with Crippen molar-refractivity contribution in [2.45, 2.75) is 272 Å². The Morgan fingerprint density at radius 2 is 0.850 bits per heavy atom. The van der Waals surface area contributed by atoms with Crippen LogP contribution in [0.25, 0.3) is 30.6 Å². The Bertz CT molecular complexity index is 6770. The molecule has 43 heteroatoms. The summed E-state index contributed by atoms with van der Waals surface area (Å²) < 4.78 is 52.3. The molecule has 9 aliphatic rings. The maximum atomic E-state index is 14.7. The fourth-order valence-corrected chi connectivity index (χ4v) is 25.8. The molecule has 6 aliphatic heterocycles. The number of nitrogen functional groups attached to an aromatic ring is 1. The van der Waals surface area contributed by atoms with Crippen molar-refractivity contribution in [3.05, 3.63) is 241 Å². The number of Topliss-reactive ketones (excluding diaryl/α,β-unsaturated/α-hetero) is 1. The zero-order valence-electron chi connectivity index (χ0n) is 82.8. The topological polar surface area (TPSA) is 496 Å². The molecule has 15 N–H and O–H groups in total. The summed E-state index contributed by atoms with van der Waals surface area (Å²) in [5, 5.41) is 47.5. The van der Waals surface area contributed by atoms with Crippen LogP contribution >= 0.6 is 34.0 Å². The molecule has 8 amide bonds. The number of anilines is 1. The Morgan fingerprint density at radius 3 is 1.29 bits per heavy atom. The summed E-state index contributed by atoms with van der Waals surface area (Å²) in [4.78, 5) is 175. The van der Waals surface area contributed by atoms with Gasteiger partial charge in [0.1, 0.15) is 62.2 Å². The van der Waals surface area contributed by atoms with Crippen molar-refractivity contribution in [3.8, 4) is 0 Å². The number of nitrogens with two attached hydrogens (primary N) is 2. The number of H-pyrrole nitrogens is 3. The van der Waals surface area contributed by atoms with Crippen LogP contribution in [0.2, 0.25) is 37.9 Å². The predicted molar refractivity (Wildman–Crippen MR) is 552 cm³/mol. The molecule has 14 atom stereocenters. The highest BCUT2D eigenvalue weighted by Crippen LogP contribution is 2.45. The van der Waals surface area contributed by atoms with E-state index in [1.54, 1.807) is 70.2 Å². The Kier molecular flexibility index (Phi) is 29.8. The normalized spacial score (nSPS) is 21.8. The van der Waals surface area contributed by atoms with Crippen molar-refractivity contribution >= 4 is 151 Å². The lowest BCUT2D eigenvalue weighted by molar-refractivity contribution is -0.175. The first-order chi connectivity index (χ1) is 70.0. The molecule has 0 bridgehead atoms. The average molecular weight is 2060 g/mol. The lowest BCUT2D eigenvalue weighted by atomic mass is 9.51. The lowest BCUT2D eigenvalue weighted by Crippen LogP contribution is -2.68. The summed E-state index contributed by atoms with van der Waals surface area (Å²) in [5.41, 5.74) is 17.8. The smallest absolute Gasteiger partial charge is 0.471 e. The zero-order valence-corrected chi connectivity index (χ0v) is 85.2. The van der Waals surface area contributed by atoms with Crippen molar-refractivity contribution in [1.29, 1.82) is 0 Å². The van der Waals surface area contributed by atoms with Gasteiger partial charge in [-0.2, -0.15) is 13.2 Å². The van der Waals surface area contributed by atoms with Crippen molar-refractivity contribution < 1.29 is 85.9 Å². The summed E-state index contributed by atoms with van der Waals surface area (Å²) in [6.45, 7) is 14.1. The molecular weight excluding hydrogens is 1940 g/mol. The molecule has 0 radical (unpaired) electrons. The number of nitrogens with one attached hydrogen (secondary N) is 8. The van der Waals surface area contributed by atoms with Crippen LogP contribution in [0.3, 0.4) is 0 Å². The number of carbonyl (C=O) groups excluding carboxylic acids is 9. The van der Waals surface area contributed by atoms with Gasteiger partial charge < -0.3 is 92.2 Å². The maximum absolute atomic E-state index is 14.7. The van der Waals surface area contributed by atoms with Crippen molar-refractivity contribution in [2.24, 2.45) is 23.5 Å². The number of aromatic amines is 3. The molecule has 34 nitrogen and oxygen atoms in total. The summed E-state index contributed by atoms with van der Waals surface area (Å²) in [5.74, 6) is -3.59. The second-order valence-electron chi connectivity index (χ2n) is 42.2. The van der Waals surface area contributed by atoms with Gasteiger partial charge in [0, 0.05) is 29.9 Å². The Balaban J connectivity index is 0.000000132. The molecule has 21 rings (SSSR count). The molecule has 6 aromatic heterocycles. The van der Waals surface area contributed by atoms with Crippen LogP contribution < -0.4 is 38.1 Å². The standard InChI is InChI=1S/C36H43BN6O5S.C30H32BN7O3S.C20H27BN2O5.C18H17F3N4O2S/c1-21-38-25-18-23(19-26(25)39-21)29(30(44)32-40-24-12-8-9-13-28(24)49-32)41-31(45)27-14-16-37-17-15-36(33(46)43(27)37,20-22-10-6-5-7-11-22)42-34(47)48-35(2,3)4;32-29-35-20-14-18(15-21(20)36-29)24(25(39)27-34-19-8-4-5-9-23(19)42-27)37-26(40)22-10-12-31-13-11-30(33,28(41)38(22)31)16-17-6-2-1-3-7-17;1-19(2,3)28-18(27)22-20(13-14-7-5-4-6-8-14)10-12-21-11-9-15(16(24)25)23(21)17(20)26;1-8-22-11-6-9(7-12(11)23-8)14(25-17(27)18(19,20)21)15(26)16-24-10-4-2-3-5-13(10)28-16/h5-13,23,27,29-30,44H,14-20H2,1-4H3,(H,38,39)(H,41,45)(H,42,47);1-9,18,22,24H,10-16,33H2,(H,37,40)(H3,32,35,36);4-8,15H,9-13H2,1-3H3,(H,22,27)(H,24,25);2-5,9,14-15,26H,6-7H2,1H3,(H,22,23)(H,25,27)/t27-,29-,30?,36+;22-,24-,30+;15-,20+;/m000./s1. The third-order valence-electron chi connectivity index (χ3n) is 29.5. The first-order valence-electron chi connectivity index (χ1n) is 50.0. The number of para-hydroxylation sites is 3. The number of benzene rings is 6. The zero-order chi connectivity index (χ0) is 104. The number of alkyl halides is 3. The van der Waals surface area contributed by atoms with E-state index in [4.69, 9.17) is 25.9 Å². The summed E-state index contributed by atoms with van der Waals surface area (Å²) in [6, 6.07) is 46.4. The molecule has 6 fully saturated rings. The number of aliphatic carboxylic acids is 1. The van der Waals surface area contributed by atoms with Gasteiger partial charge in [-0.25, -0.2) is 39.5 Å². The minimum atomic E-state index is -5.03. The number of amides is 8. The van der Waals surface area contributed by atoms with Crippen molar-refractivity contribution in [1.82, 2.24) is 85.9 Å². The number of alkyl carbamates (subject to hydrolysis) is 2.